The molecule has 0 aliphatic heterocycles. The van der Waals surface area contributed by atoms with Gasteiger partial charge in [0.25, 0.3) is 0 Å². The Balaban J connectivity index is 4.36. The van der Waals surface area contributed by atoms with Gasteiger partial charge in [-0.15, -0.1) is 0 Å². The summed E-state index contributed by atoms with van der Waals surface area (Å²) in [6.45, 7) is 6.72. The molecule has 0 aromatic heterocycles. The Morgan fingerprint density at radius 1 is 1.23 bits per heavy atom. The summed E-state index contributed by atoms with van der Waals surface area (Å²) >= 11 is 0. The van der Waals surface area contributed by atoms with E-state index in [1.54, 1.807) is 20.2 Å². The lowest BCUT2D eigenvalue weighted by molar-refractivity contribution is -0.102. The van der Waals surface area contributed by atoms with Gasteiger partial charge in [0.05, 0.1) is 12.7 Å². The second-order valence-corrected chi connectivity index (χ2v) is 13.3. The van der Waals surface area contributed by atoms with Gasteiger partial charge in [-0.3, -0.25) is 0 Å². The molecule has 9 heteroatoms. The fraction of sp³-hybridized carbons (Fsp3) is 1.00. The number of hydrogen-bond donors (Lipinski definition) is 4. The lowest BCUT2D eigenvalue weighted by atomic mass is 10.0. The van der Waals surface area contributed by atoms with Crippen LogP contribution in [0, 0.1) is 0 Å². The third kappa shape index (κ3) is 8.70. The molecule has 0 aromatic rings. The molecule has 0 amide bonds. The highest BCUT2D eigenvalue weighted by Gasteiger charge is 2.41. The molecule has 0 aliphatic carbocycles. The van der Waals surface area contributed by atoms with E-state index in [1.807, 2.05) is 0 Å². The number of aliphatic hydroxyl groups excluding tert-OH is 2. The van der Waals surface area contributed by atoms with Gasteiger partial charge >= 0.3 is 17.1 Å². The minimum atomic E-state index is -2.75. The Kier molecular flexibility index (Phi) is 9.52. The van der Waals surface area contributed by atoms with Crippen molar-refractivity contribution in [3.63, 3.8) is 0 Å². The summed E-state index contributed by atoms with van der Waals surface area (Å²) in [5.74, 6) is 0. The molecule has 0 radical (unpaired) electrons. The molecule has 3 atom stereocenters. The van der Waals surface area contributed by atoms with E-state index in [9.17, 15) is 20.1 Å². The molecular formula is C13H32O7Si2. The summed E-state index contributed by atoms with van der Waals surface area (Å²) in [5, 5.41) is 28.5. The molecular weight excluding hydrogens is 324 g/mol. The molecule has 7 nitrogen and oxygen atoms in total. The van der Waals surface area contributed by atoms with Gasteiger partial charge < -0.3 is 33.4 Å². The molecule has 134 valence electrons. The van der Waals surface area contributed by atoms with Gasteiger partial charge in [0.15, 0.2) is 0 Å². The SMILES string of the molecule is CO[Si](CCO)(CCCOCC(C)(O)C(C)O)O[Si](C)(C)O. The maximum atomic E-state index is 9.98. The summed E-state index contributed by atoms with van der Waals surface area (Å²) < 4.78 is 16.7. The predicted molar refractivity (Wildman–Crippen MR) is 88.0 cm³/mol. The number of hydrogen-bond acceptors (Lipinski definition) is 7. The second kappa shape index (κ2) is 9.45. The van der Waals surface area contributed by atoms with Gasteiger partial charge in [-0.25, -0.2) is 0 Å². The van der Waals surface area contributed by atoms with Crippen molar-refractivity contribution >= 4 is 17.1 Å². The third-order valence-corrected chi connectivity index (χ3v) is 9.77. The molecule has 0 heterocycles. The first-order chi connectivity index (χ1) is 9.98. The molecule has 4 N–H and O–H groups in total. The van der Waals surface area contributed by atoms with E-state index in [0.29, 0.717) is 25.1 Å². The minimum absolute atomic E-state index is 0.0350. The number of rotatable bonds is 12. The lowest BCUT2D eigenvalue weighted by Gasteiger charge is -2.34. The zero-order valence-corrected chi connectivity index (χ0v) is 16.3. The van der Waals surface area contributed by atoms with Crippen LogP contribution >= 0.6 is 0 Å². The molecule has 0 saturated heterocycles. The van der Waals surface area contributed by atoms with Gasteiger partial charge in [-0.2, -0.15) is 0 Å². The molecule has 0 bridgehead atoms. The summed E-state index contributed by atoms with van der Waals surface area (Å²) in [7, 11) is -3.86. The molecule has 0 aromatic carbocycles. The molecule has 0 fully saturated rings. The van der Waals surface area contributed by atoms with E-state index in [4.69, 9.17) is 13.3 Å². The average molecular weight is 357 g/mol. The zero-order valence-electron chi connectivity index (χ0n) is 14.3. The van der Waals surface area contributed by atoms with E-state index in [2.05, 4.69) is 0 Å². The third-order valence-electron chi connectivity index (χ3n) is 3.44. The maximum absolute atomic E-state index is 9.98. The standard InChI is InChI=1S/C13H32O7Si2/c1-12(15)13(2,16)11-19-8-6-9-22(18-3,10-7-14)20-21(4,5)17/h12,14-17H,6-11H2,1-5H3. The van der Waals surface area contributed by atoms with Crippen LogP contribution < -0.4 is 0 Å². The first-order valence-electron chi connectivity index (χ1n) is 7.55. The molecule has 0 spiro atoms. The Bertz CT molecular complexity index is 307. The van der Waals surface area contributed by atoms with Crippen molar-refractivity contribution in [2.45, 2.75) is 57.2 Å². The molecule has 22 heavy (non-hydrogen) atoms. The van der Waals surface area contributed by atoms with Gasteiger partial charge in [-0.1, -0.05) is 0 Å². The van der Waals surface area contributed by atoms with Crippen LogP contribution in [0.1, 0.15) is 20.3 Å². The van der Waals surface area contributed by atoms with E-state index in [-0.39, 0.29) is 13.2 Å². The molecule has 0 saturated carbocycles. The Morgan fingerprint density at radius 3 is 2.23 bits per heavy atom. The highest BCUT2D eigenvalue weighted by Crippen LogP contribution is 2.24. The molecule has 0 aliphatic rings. The Hall–Kier alpha value is 0.154. The van der Waals surface area contributed by atoms with Crippen molar-refractivity contribution in [1.29, 1.82) is 0 Å². The van der Waals surface area contributed by atoms with Crippen LogP contribution in [-0.2, 0) is 13.3 Å². The summed E-state index contributed by atoms with van der Waals surface area (Å²) in [6.07, 6.45) is -0.251. The van der Waals surface area contributed by atoms with E-state index in [0.717, 1.165) is 0 Å². The van der Waals surface area contributed by atoms with Crippen molar-refractivity contribution in [2.24, 2.45) is 0 Å². The fourth-order valence-electron chi connectivity index (χ4n) is 1.94. The van der Waals surface area contributed by atoms with Crippen LogP contribution in [0.25, 0.3) is 0 Å². The number of aliphatic hydroxyl groups is 3. The van der Waals surface area contributed by atoms with Crippen LogP contribution in [0.4, 0.5) is 0 Å². The van der Waals surface area contributed by atoms with E-state index < -0.39 is 28.8 Å². The lowest BCUT2D eigenvalue weighted by Crippen LogP contribution is -2.51. The van der Waals surface area contributed by atoms with Crippen molar-refractivity contribution < 1.29 is 33.4 Å². The van der Waals surface area contributed by atoms with Gasteiger partial charge in [0.1, 0.15) is 5.60 Å². The second-order valence-electron chi connectivity index (χ2n) is 6.33. The van der Waals surface area contributed by atoms with E-state index >= 15 is 0 Å². The average Bonchev–Trinajstić information content (AvgIpc) is 2.36. The van der Waals surface area contributed by atoms with Gasteiger partial charge in [0.2, 0.25) is 0 Å². The Morgan fingerprint density at radius 2 is 1.82 bits per heavy atom. The minimum Gasteiger partial charge on any atom is -0.415 e. The van der Waals surface area contributed by atoms with Crippen LogP contribution in [-0.4, -0.2) is 75.9 Å². The summed E-state index contributed by atoms with van der Waals surface area (Å²) in [5.41, 5.74) is -1.28. The fourth-order valence-corrected chi connectivity index (χ4v) is 8.41. The summed E-state index contributed by atoms with van der Waals surface area (Å²) in [4.78, 5) is 9.98. The van der Waals surface area contributed by atoms with Crippen LogP contribution in [0.15, 0.2) is 0 Å². The topological polar surface area (TPSA) is 109 Å². The van der Waals surface area contributed by atoms with Crippen molar-refractivity contribution in [3.8, 4) is 0 Å². The monoisotopic (exact) mass is 356 g/mol. The summed E-state index contributed by atoms with van der Waals surface area (Å²) in [6, 6.07) is 0.976. The van der Waals surface area contributed by atoms with E-state index in [1.165, 1.54) is 13.8 Å². The quantitative estimate of drug-likeness (QED) is 0.294. The van der Waals surface area contributed by atoms with Crippen LogP contribution in [0.2, 0.25) is 25.2 Å². The molecule has 3 unspecified atom stereocenters. The van der Waals surface area contributed by atoms with Crippen LogP contribution in [0.5, 0.6) is 0 Å². The number of ether oxygens (including phenoxy) is 1. The zero-order chi connectivity index (χ0) is 17.4. The van der Waals surface area contributed by atoms with Crippen LogP contribution in [0.3, 0.4) is 0 Å². The highest BCUT2D eigenvalue weighted by atomic mass is 28.5. The normalized spacial score (nSPS) is 19.5. The van der Waals surface area contributed by atoms with Gasteiger partial charge in [-0.05, 0) is 39.4 Å². The largest absolute Gasteiger partial charge is 0.415 e. The predicted octanol–water partition coefficient (Wildman–Crippen LogP) is 0.316. The van der Waals surface area contributed by atoms with Crippen molar-refractivity contribution in [1.82, 2.24) is 0 Å². The first kappa shape index (κ1) is 22.2. The van der Waals surface area contributed by atoms with Crippen molar-refractivity contribution in [2.75, 3.05) is 26.9 Å². The smallest absolute Gasteiger partial charge is 0.331 e. The Labute approximate surface area is 135 Å². The maximum Gasteiger partial charge on any atom is 0.331 e. The van der Waals surface area contributed by atoms with Crippen molar-refractivity contribution in [3.05, 3.63) is 0 Å². The first-order valence-corrected chi connectivity index (χ1v) is 12.6. The molecule has 0 rings (SSSR count). The highest BCUT2D eigenvalue weighted by molar-refractivity contribution is 6.79. The van der Waals surface area contributed by atoms with Gasteiger partial charge in [0, 0.05) is 26.4 Å².